The molecule has 0 atom stereocenters. The van der Waals surface area contributed by atoms with Crippen LogP contribution in [0.3, 0.4) is 0 Å². The number of amides is 1. The summed E-state index contributed by atoms with van der Waals surface area (Å²) in [6.07, 6.45) is 0.468. The molecule has 1 saturated carbocycles. The Balaban J connectivity index is 1.54. The maximum absolute atomic E-state index is 13.1. The summed E-state index contributed by atoms with van der Waals surface area (Å²) in [7, 11) is 1.48. The predicted octanol–water partition coefficient (Wildman–Crippen LogP) is 3.88. The van der Waals surface area contributed by atoms with Crippen LogP contribution in [-0.4, -0.2) is 42.6 Å². The number of benzene rings is 2. The van der Waals surface area contributed by atoms with Crippen LogP contribution in [-0.2, 0) is 9.59 Å². The first-order valence-electron chi connectivity index (χ1n) is 10.1. The normalized spacial score (nSPS) is 17.7. The number of carbonyl (C=O) groups excluding carboxylic acids is 3. The Labute approximate surface area is 186 Å². The Bertz CT molecular complexity index is 1100. The third-order valence-corrected chi connectivity index (χ3v) is 6.29. The van der Waals surface area contributed by atoms with Crippen molar-refractivity contribution in [1.29, 1.82) is 0 Å². The molecule has 1 aliphatic carbocycles. The van der Waals surface area contributed by atoms with Crippen molar-refractivity contribution in [3.05, 3.63) is 64.2 Å². The maximum atomic E-state index is 13.1. The molecule has 0 N–H and O–H groups in total. The Morgan fingerprint density at radius 2 is 1.77 bits per heavy atom. The second-order valence-electron chi connectivity index (χ2n) is 8.20. The van der Waals surface area contributed by atoms with E-state index in [1.54, 1.807) is 36.1 Å². The highest BCUT2D eigenvalue weighted by Crippen LogP contribution is 2.48. The van der Waals surface area contributed by atoms with E-state index in [1.807, 2.05) is 18.2 Å². The smallest absolute Gasteiger partial charge is 0.253 e. The molecule has 1 aliphatic heterocycles. The van der Waals surface area contributed by atoms with Crippen molar-refractivity contribution in [3.63, 3.8) is 0 Å². The lowest BCUT2D eigenvalue weighted by atomic mass is 9.63. The first kappa shape index (κ1) is 21.1. The summed E-state index contributed by atoms with van der Waals surface area (Å²) in [6.45, 7) is 2.52. The molecule has 0 radical (unpaired) electrons. The van der Waals surface area contributed by atoms with Gasteiger partial charge in [0.1, 0.15) is 23.2 Å². The molecule has 1 saturated heterocycles. The number of halogens is 1. The van der Waals surface area contributed by atoms with Crippen LogP contribution in [0.1, 0.15) is 47.2 Å². The molecule has 1 amide bonds. The van der Waals surface area contributed by atoms with Gasteiger partial charge in [-0.05, 0) is 31.2 Å². The Morgan fingerprint density at radius 3 is 2.35 bits per heavy atom. The number of rotatable bonds is 3. The van der Waals surface area contributed by atoms with Crippen LogP contribution in [0, 0.1) is 17.3 Å². The second-order valence-corrected chi connectivity index (χ2v) is 8.60. The molecule has 1 heterocycles. The van der Waals surface area contributed by atoms with Crippen LogP contribution < -0.4 is 4.74 Å². The summed E-state index contributed by atoms with van der Waals surface area (Å²) in [5, 5.41) is 0.300. The number of likely N-dealkylation sites (tertiary alicyclic amines) is 1. The Kier molecular flexibility index (Phi) is 5.60. The SMILES string of the molecule is CC#Cc1cc(Cl)c(C2C(=O)CC3(CC2=O)CN(C(=O)c2ccccc2)C3)c(OC)c1. The van der Waals surface area contributed by atoms with Crippen LogP contribution >= 0.6 is 11.6 Å². The van der Waals surface area contributed by atoms with E-state index in [4.69, 9.17) is 16.3 Å². The summed E-state index contributed by atoms with van der Waals surface area (Å²) in [6, 6.07) is 12.4. The lowest BCUT2D eigenvalue weighted by Gasteiger charge is -2.52. The summed E-state index contributed by atoms with van der Waals surface area (Å²) >= 11 is 6.46. The molecular weight excluding hydrogens is 414 g/mol. The fourth-order valence-electron chi connectivity index (χ4n) is 4.66. The van der Waals surface area contributed by atoms with E-state index in [1.165, 1.54) is 7.11 Å². The minimum Gasteiger partial charge on any atom is -0.496 e. The van der Waals surface area contributed by atoms with E-state index in [2.05, 4.69) is 11.8 Å². The lowest BCUT2D eigenvalue weighted by molar-refractivity contribution is -0.141. The highest BCUT2D eigenvalue weighted by atomic mass is 35.5. The highest BCUT2D eigenvalue weighted by molar-refractivity contribution is 6.32. The molecule has 1 spiro atoms. The van der Waals surface area contributed by atoms with E-state index in [-0.39, 0.29) is 30.3 Å². The third-order valence-electron chi connectivity index (χ3n) is 5.97. The van der Waals surface area contributed by atoms with Gasteiger partial charge in [0.05, 0.1) is 7.11 Å². The van der Waals surface area contributed by atoms with Crippen LogP contribution in [0.15, 0.2) is 42.5 Å². The van der Waals surface area contributed by atoms with Crippen molar-refractivity contribution < 1.29 is 19.1 Å². The Morgan fingerprint density at radius 1 is 1.13 bits per heavy atom. The zero-order chi connectivity index (χ0) is 22.2. The molecule has 0 bridgehead atoms. The van der Waals surface area contributed by atoms with Gasteiger partial charge in [0.25, 0.3) is 5.91 Å². The fourth-order valence-corrected chi connectivity index (χ4v) is 4.98. The average molecular weight is 436 g/mol. The number of ketones is 2. The summed E-state index contributed by atoms with van der Waals surface area (Å²) < 4.78 is 5.44. The minimum atomic E-state index is -0.949. The van der Waals surface area contributed by atoms with Gasteiger partial charge < -0.3 is 9.64 Å². The van der Waals surface area contributed by atoms with Gasteiger partial charge in [0.15, 0.2) is 0 Å². The Hall–Kier alpha value is -3.10. The number of nitrogens with zero attached hydrogens (tertiary/aromatic N) is 1. The molecule has 0 unspecified atom stereocenters. The molecule has 4 rings (SSSR count). The molecule has 0 aromatic heterocycles. The monoisotopic (exact) mass is 435 g/mol. The van der Waals surface area contributed by atoms with E-state index < -0.39 is 11.3 Å². The number of methoxy groups -OCH3 is 1. The zero-order valence-corrected chi connectivity index (χ0v) is 18.2. The molecule has 2 aromatic carbocycles. The van der Waals surface area contributed by atoms with Gasteiger partial charge in [-0.2, -0.15) is 0 Å². The van der Waals surface area contributed by atoms with Gasteiger partial charge in [-0.25, -0.2) is 0 Å². The topological polar surface area (TPSA) is 63.7 Å². The molecule has 2 aliphatic rings. The molecule has 2 aromatic rings. The van der Waals surface area contributed by atoms with Gasteiger partial charge >= 0.3 is 0 Å². The largest absolute Gasteiger partial charge is 0.496 e. The van der Waals surface area contributed by atoms with Gasteiger partial charge in [-0.1, -0.05) is 35.7 Å². The van der Waals surface area contributed by atoms with Crippen molar-refractivity contribution in [3.8, 4) is 17.6 Å². The summed E-state index contributed by atoms with van der Waals surface area (Å²) in [5.41, 5.74) is 1.19. The number of hydrogen-bond acceptors (Lipinski definition) is 4. The number of ether oxygens (including phenoxy) is 1. The first-order chi connectivity index (χ1) is 14.9. The van der Waals surface area contributed by atoms with Gasteiger partial charge in [-0.3, -0.25) is 14.4 Å². The van der Waals surface area contributed by atoms with Crippen molar-refractivity contribution in [2.75, 3.05) is 20.2 Å². The highest BCUT2D eigenvalue weighted by Gasteiger charge is 2.53. The van der Waals surface area contributed by atoms with E-state index in [0.717, 1.165) is 0 Å². The standard InChI is InChI=1S/C25H22ClNO4/c1-3-7-16-10-18(26)22(21(11-16)31-2)23-19(28)12-25(13-20(23)29)14-27(15-25)24(30)17-8-5-4-6-9-17/h4-6,8-11,23H,12-15H2,1-2H3. The molecule has 2 fully saturated rings. The van der Waals surface area contributed by atoms with Crippen LogP contribution in [0.4, 0.5) is 0 Å². The second kappa shape index (κ2) is 8.20. The van der Waals surface area contributed by atoms with E-state index >= 15 is 0 Å². The molecule has 6 heteroatoms. The van der Waals surface area contributed by atoms with Crippen LogP contribution in [0.2, 0.25) is 5.02 Å². The predicted molar refractivity (Wildman–Crippen MR) is 117 cm³/mol. The van der Waals surface area contributed by atoms with E-state index in [9.17, 15) is 14.4 Å². The van der Waals surface area contributed by atoms with Crippen LogP contribution in [0.5, 0.6) is 5.75 Å². The quantitative estimate of drug-likeness (QED) is 0.542. The molecule has 5 nitrogen and oxygen atoms in total. The summed E-state index contributed by atoms with van der Waals surface area (Å²) in [4.78, 5) is 40.6. The fraction of sp³-hybridized carbons (Fsp3) is 0.320. The van der Waals surface area contributed by atoms with Crippen LogP contribution in [0.25, 0.3) is 0 Å². The van der Waals surface area contributed by atoms with Gasteiger partial charge in [-0.15, -0.1) is 5.92 Å². The lowest BCUT2D eigenvalue weighted by Crippen LogP contribution is -2.62. The molecule has 158 valence electrons. The van der Waals surface area contributed by atoms with E-state index in [0.29, 0.717) is 40.6 Å². The van der Waals surface area contributed by atoms with Crippen molar-refractivity contribution in [2.24, 2.45) is 5.41 Å². The first-order valence-corrected chi connectivity index (χ1v) is 10.5. The van der Waals surface area contributed by atoms with Gasteiger partial charge in [0, 0.05) is 53.1 Å². The van der Waals surface area contributed by atoms with Crippen molar-refractivity contribution in [2.45, 2.75) is 25.7 Å². The maximum Gasteiger partial charge on any atom is 0.253 e. The summed E-state index contributed by atoms with van der Waals surface area (Å²) in [5.74, 6) is 4.71. The minimum absolute atomic E-state index is 0.0782. The average Bonchev–Trinajstić information content (AvgIpc) is 2.72. The van der Waals surface area contributed by atoms with Gasteiger partial charge in [0.2, 0.25) is 0 Å². The van der Waals surface area contributed by atoms with Crippen molar-refractivity contribution >= 4 is 29.1 Å². The number of Topliss-reactive ketones (excluding diaryl/α,β-unsaturated/α-hetero) is 2. The zero-order valence-electron chi connectivity index (χ0n) is 17.4. The number of carbonyl (C=O) groups is 3. The molecule has 31 heavy (non-hydrogen) atoms. The molecular formula is C25H22ClNO4. The number of hydrogen-bond donors (Lipinski definition) is 0. The third kappa shape index (κ3) is 3.84. The van der Waals surface area contributed by atoms with Crippen molar-refractivity contribution in [1.82, 2.24) is 4.90 Å².